The van der Waals surface area contributed by atoms with E-state index in [9.17, 15) is 4.79 Å². The van der Waals surface area contributed by atoms with Gasteiger partial charge in [0.15, 0.2) is 0 Å². The molecule has 2 heterocycles. The molecular weight excluding hydrogens is 318 g/mol. The molecule has 7 heteroatoms. The number of amides is 2. The molecule has 25 heavy (non-hydrogen) atoms. The van der Waals surface area contributed by atoms with Crippen LogP contribution < -0.4 is 10.6 Å². The first kappa shape index (κ1) is 17.4. The number of carbonyl (C=O) groups is 1. The zero-order chi connectivity index (χ0) is 17.5. The third-order valence-corrected chi connectivity index (χ3v) is 4.17. The zero-order valence-corrected chi connectivity index (χ0v) is 14.5. The summed E-state index contributed by atoms with van der Waals surface area (Å²) in [5.41, 5.74) is 2.05. The molecular formula is C18H25N5O2. The molecule has 1 aliphatic heterocycles. The maximum atomic E-state index is 12.0. The summed E-state index contributed by atoms with van der Waals surface area (Å²) in [7, 11) is 0. The molecule has 0 bridgehead atoms. The fourth-order valence-corrected chi connectivity index (χ4v) is 2.86. The summed E-state index contributed by atoms with van der Waals surface area (Å²) in [6.45, 7) is 6.76. The smallest absolute Gasteiger partial charge is 0.315 e. The van der Waals surface area contributed by atoms with Crippen molar-refractivity contribution in [3.8, 4) is 5.69 Å². The summed E-state index contributed by atoms with van der Waals surface area (Å²) >= 11 is 0. The molecule has 7 nitrogen and oxygen atoms in total. The molecule has 2 N–H and O–H groups in total. The van der Waals surface area contributed by atoms with E-state index in [1.54, 1.807) is 10.9 Å². The average molecular weight is 343 g/mol. The summed E-state index contributed by atoms with van der Waals surface area (Å²) in [6.07, 6.45) is 3.65. The van der Waals surface area contributed by atoms with Crippen molar-refractivity contribution in [1.82, 2.24) is 25.3 Å². The van der Waals surface area contributed by atoms with Crippen LogP contribution in [0.4, 0.5) is 4.79 Å². The lowest BCUT2D eigenvalue weighted by molar-refractivity contribution is 0.0349. The molecule has 2 aromatic rings. The lowest BCUT2D eigenvalue weighted by Gasteiger charge is -2.29. The maximum absolute atomic E-state index is 12.0. The minimum absolute atomic E-state index is 0.0975. The molecule has 3 rings (SSSR count). The molecule has 134 valence electrons. The van der Waals surface area contributed by atoms with E-state index in [0.717, 1.165) is 44.1 Å². The predicted octanol–water partition coefficient (Wildman–Crippen LogP) is 1.39. The maximum Gasteiger partial charge on any atom is 0.315 e. The largest absolute Gasteiger partial charge is 0.379 e. The number of morpholine rings is 1. The van der Waals surface area contributed by atoms with Crippen molar-refractivity contribution in [2.24, 2.45) is 0 Å². The number of hydrogen-bond acceptors (Lipinski definition) is 4. The van der Waals surface area contributed by atoms with Gasteiger partial charge in [0, 0.05) is 44.6 Å². The van der Waals surface area contributed by atoms with Gasteiger partial charge in [-0.15, -0.1) is 0 Å². The van der Waals surface area contributed by atoms with Gasteiger partial charge in [-0.1, -0.05) is 12.1 Å². The van der Waals surface area contributed by atoms with Gasteiger partial charge in [0.05, 0.1) is 18.9 Å². The van der Waals surface area contributed by atoms with Gasteiger partial charge in [-0.2, -0.15) is 5.10 Å². The van der Waals surface area contributed by atoms with Crippen LogP contribution in [0.5, 0.6) is 0 Å². The number of ether oxygens (including phenoxy) is 1. The Morgan fingerprint density at radius 2 is 2.04 bits per heavy atom. The molecule has 0 saturated carbocycles. The normalized spacial score (nSPS) is 16.4. The first-order valence-electron chi connectivity index (χ1n) is 8.64. The molecule has 0 unspecified atom stereocenters. The Bertz CT molecular complexity index is 651. The first-order valence-corrected chi connectivity index (χ1v) is 8.64. The number of nitrogens with zero attached hydrogens (tertiary/aromatic N) is 3. The van der Waals surface area contributed by atoms with Crippen LogP contribution in [-0.2, 0) is 11.3 Å². The van der Waals surface area contributed by atoms with Gasteiger partial charge in [-0.3, -0.25) is 4.90 Å². The van der Waals surface area contributed by atoms with Crippen LogP contribution in [0.1, 0.15) is 12.5 Å². The van der Waals surface area contributed by atoms with E-state index in [-0.39, 0.29) is 12.1 Å². The Morgan fingerprint density at radius 1 is 1.28 bits per heavy atom. The van der Waals surface area contributed by atoms with Crippen LogP contribution in [0.15, 0.2) is 42.7 Å². The fourth-order valence-electron chi connectivity index (χ4n) is 2.86. The molecule has 2 amide bonds. The van der Waals surface area contributed by atoms with E-state index < -0.39 is 0 Å². The van der Waals surface area contributed by atoms with Crippen LogP contribution in [0.25, 0.3) is 5.69 Å². The number of hydrogen-bond donors (Lipinski definition) is 2. The van der Waals surface area contributed by atoms with Crippen molar-refractivity contribution in [1.29, 1.82) is 0 Å². The molecule has 1 aromatic heterocycles. The number of carbonyl (C=O) groups excluding carboxylic acids is 1. The molecule has 1 aromatic carbocycles. The highest BCUT2D eigenvalue weighted by Gasteiger charge is 2.15. The lowest BCUT2D eigenvalue weighted by atomic mass is 10.2. The second-order valence-corrected chi connectivity index (χ2v) is 6.26. The number of aromatic nitrogens is 2. The Labute approximate surface area is 148 Å². The third-order valence-electron chi connectivity index (χ3n) is 4.17. The van der Waals surface area contributed by atoms with Crippen molar-refractivity contribution < 1.29 is 9.53 Å². The van der Waals surface area contributed by atoms with Crippen molar-refractivity contribution in [2.45, 2.75) is 19.5 Å². The molecule has 1 atom stereocenters. The van der Waals surface area contributed by atoms with Gasteiger partial charge in [0.25, 0.3) is 0 Å². The Hall–Kier alpha value is -2.38. The highest BCUT2D eigenvalue weighted by molar-refractivity contribution is 5.74. The molecule has 0 spiro atoms. The van der Waals surface area contributed by atoms with Crippen LogP contribution in [0.3, 0.4) is 0 Å². The van der Waals surface area contributed by atoms with Gasteiger partial charge in [-0.05, 0) is 30.7 Å². The molecule has 1 aliphatic rings. The van der Waals surface area contributed by atoms with E-state index in [0.29, 0.717) is 6.54 Å². The van der Waals surface area contributed by atoms with E-state index in [1.807, 2.05) is 43.5 Å². The minimum atomic E-state index is -0.142. The summed E-state index contributed by atoms with van der Waals surface area (Å²) < 4.78 is 7.14. The van der Waals surface area contributed by atoms with E-state index in [1.165, 1.54) is 0 Å². The lowest BCUT2D eigenvalue weighted by Crippen LogP contribution is -2.48. The Balaban J connectivity index is 1.41. The number of nitrogens with one attached hydrogen (secondary N) is 2. The van der Waals surface area contributed by atoms with Gasteiger partial charge in [0.2, 0.25) is 0 Å². The zero-order valence-electron chi connectivity index (χ0n) is 14.5. The van der Waals surface area contributed by atoms with Crippen LogP contribution in [0, 0.1) is 0 Å². The van der Waals surface area contributed by atoms with E-state index >= 15 is 0 Å². The van der Waals surface area contributed by atoms with Crippen LogP contribution in [0.2, 0.25) is 0 Å². The highest BCUT2D eigenvalue weighted by atomic mass is 16.5. The van der Waals surface area contributed by atoms with E-state index in [4.69, 9.17) is 4.74 Å². The third kappa shape index (κ3) is 5.30. The topological polar surface area (TPSA) is 71.4 Å². The summed E-state index contributed by atoms with van der Waals surface area (Å²) in [5, 5.41) is 10.1. The van der Waals surface area contributed by atoms with Crippen LogP contribution in [-0.4, -0.2) is 59.6 Å². The quantitative estimate of drug-likeness (QED) is 0.832. The Kier molecular flexibility index (Phi) is 6.03. The average Bonchev–Trinajstić information content (AvgIpc) is 3.16. The fraction of sp³-hybridized carbons (Fsp3) is 0.444. The standard InChI is InChI=1S/C18H25N5O2/c1-15(14-22-9-11-25-12-10-22)21-18(24)19-13-16-3-5-17(6-4-16)23-8-2-7-20-23/h2-8,15H,9-14H2,1H3,(H2,19,21,24)/t15-/m1/s1. The van der Waals surface area contributed by atoms with Crippen molar-refractivity contribution in [3.05, 3.63) is 48.3 Å². The Morgan fingerprint density at radius 3 is 2.72 bits per heavy atom. The second kappa shape index (κ2) is 8.64. The summed E-state index contributed by atoms with van der Waals surface area (Å²) in [4.78, 5) is 14.4. The van der Waals surface area contributed by atoms with Crippen molar-refractivity contribution >= 4 is 6.03 Å². The van der Waals surface area contributed by atoms with Gasteiger partial charge in [-0.25, -0.2) is 9.48 Å². The molecule has 0 aliphatic carbocycles. The predicted molar refractivity (Wildman–Crippen MR) is 95.7 cm³/mol. The van der Waals surface area contributed by atoms with Crippen LogP contribution >= 0.6 is 0 Å². The highest BCUT2D eigenvalue weighted by Crippen LogP contribution is 2.08. The van der Waals surface area contributed by atoms with Gasteiger partial charge >= 0.3 is 6.03 Å². The minimum Gasteiger partial charge on any atom is -0.379 e. The SMILES string of the molecule is C[C@H](CN1CCOCC1)NC(=O)NCc1ccc(-n2cccn2)cc1. The second-order valence-electron chi connectivity index (χ2n) is 6.26. The molecule has 1 fully saturated rings. The monoisotopic (exact) mass is 343 g/mol. The first-order chi connectivity index (χ1) is 12.2. The molecule has 0 radical (unpaired) electrons. The number of rotatable bonds is 6. The van der Waals surface area contributed by atoms with Crippen molar-refractivity contribution in [2.75, 3.05) is 32.8 Å². The van der Waals surface area contributed by atoms with E-state index in [2.05, 4.69) is 20.6 Å². The summed E-state index contributed by atoms with van der Waals surface area (Å²) in [6, 6.07) is 9.81. The van der Waals surface area contributed by atoms with Crippen molar-refractivity contribution in [3.63, 3.8) is 0 Å². The van der Waals surface area contributed by atoms with Gasteiger partial charge < -0.3 is 15.4 Å². The summed E-state index contributed by atoms with van der Waals surface area (Å²) in [5.74, 6) is 0. The van der Waals surface area contributed by atoms with Gasteiger partial charge in [0.1, 0.15) is 0 Å². The molecule has 1 saturated heterocycles. The number of urea groups is 1. The number of benzene rings is 1.